The first-order chi connectivity index (χ1) is 31.5. The smallest absolute Gasteiger partial charge is 0.0645 e. The highest BCUT2D eigenvalue weighted by Gasteiger charge is 2.35. The lowest BCUT2D eigenvalue weighted by Gasteiger charge is -2.30. The van der Waals surface area contributed by atoms with Crippen LogP contribution in [0.5, 0.6) is 0 Å². The Kier molecular flexibility index (Phi) is 4.72. The van der Waals surface area contributed by atoms with E-state index < -0.39 is 101 Å². The first-order valence-electron chi connectivity index (χ1n) is 23.9. The molecule has 1 aliphatic rings. The summed E-state index contributed by atoms with van der Waals surface area (Å²) >= 11 is 0. The van der Waals surface area contributed by atoms with Gasteiger partial charge in [0.15, 0.2) is 0 Å². The van der Waals surface area contributed by atoms with Crippen LogP contribution in [0, 0.1) is 0 Å². The van der Waals surface area contributed by atoms with E-state index in [1.165, 1.54) is 4.90 Å². The van der Waals surface area contributed by atoms with Crippen LogP contribution in [-0.2, 0) is 5.41 Å². The SMILES string of the molecule is [2H]c1c([2H])c([2H])c(-c2c([2H])c([2H])c([2H])c([2H])c2N(c2ccc3c(c2)C(C)(C)c2ccccc2-3)c2c([2H])c([2H])c(-c3ccc4c(c3)c3ccccc3n4-c3ccccc3)c([2H])c2[2H])c([2H])c1[2H]. The van der Waals surface area contributed by atoms with Crippen LogP contribution in [0.3, 0.4) is 0 Å². The largest absolute Gasteiger partial charge is 0.310 e. The van der Waals surface area contributed by atoms with Crippen molar-refractivity contribution in [1.29, 1.82) is 0 Å². The van der Waals surface area contributed by atoms with Crippen LogP contribution in [0.2, 0.25) is 0 Å². The molecule has 53 heavy (non-hydrogen) atoms. The van der Waals surface area contributed by atoms with Crippen LogP contribution in [0.15, 0.2) is 194 Å². The molecule has 1 heterocycles. The summed E-state index contributed by atoms with van der Waals surface area (Å²) in [6.07, 6.45) is 0. The van der Waals surface area contributed by atoms with Gasteiger partial charge in [0.25, 0.3) is 0 Å². The highest BCUT2D eigenvalue weighted by atomic mass is 15.1. The normalized spacial score (nSPS) is 16.3. The van der Waals surface area contributed by atoms with Crippen LogP contribution in [0.1, 0.15) is 42.8 Å². The van der Waals surface area contributed by atoms with Crippen molar-refractivity contribution in [3.05, 3.63) is 205 Å². The molecule has 0 N–H and O–H groups in total. The second kappa shape index (κ2) is 12.3. The molecule has 0 saturated carbocycles. The highest BCUT2D eigenvalue weighted by molar-refractivity contribution is 6.10. The van der Waals surface area contributed by atoms with Gasteiger partial charge in [0, 0.05) is 38.8 Å². The average Bonchev–Trinajstić information content (AvgIpc) is 3.77. The van der Waals surface area contributed by atoms with E-state index >= 15 is 0 Å². The third-order valence-electron chi connectivity index (χ3n) is 10.3. The van der Waals surface area contributed by atoms with Gasteiger partial charge in [0.2, 0.25) is 0 Å². The Morgan fingerprint density at radius 2 is 1.17 bits per heavy atom. The Balaban J connectivity index is 1.28. The fraction of sp³-hybridized carbons (Fsp3) is 0.0588. The zero-order chi connectivity index (χ0) is 46.8. The topological polar surface area (TPSA) is 8.17 Å². The lowest BCUT2D eigenvalue weighted by molar-refractivity contribution is 0.660. The van der Waals surface area contributed by atoms with E-state index in [0.717, 1.165) is 49.7 Å². The van der Waals surface area contributed by atoms with E-state index in [9.17, 15) is 8.22 Å². The Morgan fingerprint density at radius 1 is 0.472 bits per heavy atom. The molecule has 0 spiro atoms. The fourth-order valence-electron chi connectivity index (χ4n) is 7.78. The molecule has 0 amide bonds. The first-order valence-corrected chi connectivity index (χ1v) is 17.4. The summed E-state index contributed by atoms with van der Waals surface area (Å²) in [7, 11) is 0. The summed E-state index contributed by atoms with van der Waals surface area (Å²) in [5.74, 6) is 0. The zero-order valence-corrected chi connectivity index (χ0v) is 28.9. The van der Waals surface area contributed by atoms with Gasteiger partial charge < -0.3 is 9.47 Å². The number of fused-ring (bicyclic) bond motifs is 6. The number of aromatic nitrogens is 1. The maximum atomic E-state index is 9.79. The molecule has 0 unspecified atom stereocenters. The Bertz CT molecular complexity index is 3500. The number of para-hydroxylation sites is 3. The van der Waals surface area contributed by atoms with E-state index in [1.54, 1.807) is 18.2 Å². The zero-order valence-electron chi connectivity index (χ0n) is 41.9. The Labute approximate surface area is 329 Å². The van der Waals surface area contributed by atoms with Gasteiger partial charge >= 0.3 is 0 Å². The average molecular weight is 692 g/mol. The van der Waals surface area contributed by atoms with E-state index in [1.807, 2.05) is 111 Å². The van der Waals surface area contributed by atoms with Gasteiger partial charge in [-0.15, -0.1) is 0 Å². The number of hydrogen-bond acceptors (Lipinski definition) is 1. The van der Waals surface area contributed by atoms with Crippen LogP contribution in [-0.4, -0.2) is 4.57 Å². The molecule has 2 nitrogen and oxygen atoms in total. The second-order valence-corrected chi connectivity index (χ2v) is 13.6. The summed E-state index contributed by atoms with van der Waals surface area (Å²) in [6, 6.07) is 28.0. The van der Waals surface area contributed by atoms with Crippen molar-refractivity contribution in [2.45, 2.75) is 19.3 Å². The van der Waals surface area contributed by atoms with E-state index in [2.05, 4.69) is 4.57 Å². The van der Waals surface area contributed by atoms with Crippen LogP contribution in [0.25, 0.3) is 60.9 Å². The number of anilines is 3. The molecule has 8 aromatic carbocycles. The standard InChI is InChI=1S/C51H38N2/c1-51(2)46-22-12-9-20-42(46)43-31-30-40(34-47(43)51)52(48-23-13-10-19-41(48)36-15-5-3-6-16-36)39-28-25-35(26-29-39)37-27-32-50-45(33-37)44-21-11-14-24-49(44)53(50)38-17-7-4-8-18-38/h3-34H,1-2H3/i3D,5D,6D,10D,13D,15D,16D,19D,23D,25D,26D,28D,29D. The van der Waals surface area contributed by atoms with Gasteiger partial charge in [-0.2, -0.15) is 0 Å². The number of rotatable bonds is 6. The van der Waals surface area contributed by atoms with Gasteiger partial charge in [-0.05, 0) is 99.5 Å². The predicted octanol–water partition coefficient (Wildman–Crippen LogP) is 13.9. The summed E-state index contributed by atoms with van der Waals surface area (Å²) in [5.41, 5.74) is 4.67. The van der Waals surface area contributed by atoms with Crippen molar-refractivity contribution < 1.29 is 17.8 Å². The van der Waals surface area contributed by atoms with Gasteiger partial charge in [-0.3, -0.25) is 0 Å². The van der Waals surface area contributed by atoms with E-state index in [-0.39, 0.29) is 16.9 Å². The quantitative estimate of drug-likeness (QED) is 0.168. The number of benzene rings is 8. The molecular formula is C51H38N2. The third-order valence-corrected chi connectivity index (χ3v) is 10.3. The molecule has 0 aliphatic heterocycles. The van der Waals surface area contributed by atoms with E-state index in [0.29, 0.717) is 5.56 Å². The monoisotopic (exact) mass is 691 g/mol. The van der Waals surface area contributed by atoms with Crippen molar-refractivity contribution in [3.8, 4) is 39.1 Å². The minimum absolute atomic E-state index is 0.00140. The maximum absolute atomic E-state index is 9.79. The van der Waals surface area contributed by atoms with E-state index in [4.69, 9.17) is 9.60 Å². The van der Waals surface area contributed by atoms with Crippen molar-refractivity contribution in [2.75, 3.05) is 4.90 Å². The Morgan fingerprint density at radius 3 is 2.02 bits per heavy atom. The highest BCUT2D eigenvalue weighted by Crippen LogP contribution is 2.51. The molecule has 252 valence electrons. The van der Waals surface area contributed by atoms with Crippen molar-refractivity contribution in [2.24, 2.45) is 0 Å². The van der Waals surface area contributed by atoms with Gasteiger partial charge in [0.1, 0.15) is 0 Å². The lowest BCUT2D eigenvalue weighted by Crippen LogP contribution is -2.16. The second-order valence-electron chi connectivity index (χ2n) is 13.6. The first kappa shape index (κ1) is 20.4. The summed E-state index contributed by atoms with van der Waals surface area (Å²) in [6.45, 7) is 4.08. The third kappa shape index (κ3) is 5.02. The molecule has 1 aromatic heterocycles. The molecule has 10 rings (SSSR count). The summed E-state index contributed by atoms with van der Waals surface area (Å²) < 4.78 is 121. The molecule has 0 bridgehead atoms. The fourth-order valence-corrected chi connectivity index (χ4v) is 7.78. The van der Waals surface area contributed by atoms with Crippen molar-refractivity contribution in [3.63, 3.8) is 0 Å². The lowest BCUT2D eigenvalue weighted by atomic mass is 9.82. The van der Waals surface area contributed by atoms with Crippen LogP contribution >= 0.6 is 0 Å². The van der Waals surface area contributed by atoms with Crippen molar-refractivity contribution >= 4 is 38.9 Å². The molecule has 0 fully saturated rings. The van der Waals surface area contributed by atoms with Gasteiger partial charge in [0.05, 0.1) is 34.5 Å². The summed E-state index contributed by atoms with van der Waals surface area (Å²) in [5, 5.41) is 1.73. The van der Waals surface area contributed by atoms with Gasteiger partial charge in [-0.1, -0.05) is 147 Å². The molecule has 1 aliphatic carbocycles. The maximum Gasteiger partial charge on any atom is 0.0645 e. The molecular weight excluding hydrogens is 641 g/mol. The molecule has 0 radical (unpaired) electrons. The molecule has 0 saturated heterocycles. The van der Waals surface area contributed by atoms with Crippen molar-refractivity contribution in [1.82, 2.24) is 4.57 Å². The minimum atomic E-state index is -0.741. The number of hydrogen-bond donors (Lipinski definition) is 0. The number of nitrogens with zero attached hydrogens (tertiary/aromatic N) is 2. The summed E-state index contributed by atoms with van der Waals surface area (Å²) in [4.78, 5) is 1.23. The van der Waals surface area contributed by atoms with Crippen LogP contribution in [0.4, 0.5) is 17.1 Å². The molecule has 9 aromatic rings. The minimum Gasteiger partial charge on any atom is -0.310 e. The predicted molar refractivity (Wildman–Crippen MR) is 224 cm³/mol. The molecule has 0 atom stereocenters. The molecule has 2 heteroatoms. The van der Waals surface area contributed by atoms with Gasteiger partial charge in [-0.25, -0.2) is 0 Å². The van der Waals surface area contributed by atoms with Crippen LogP contribution < -0.4 is 4.90 Å². The Hall–Kier alpha value is -6.64.